The summed E-state index contributed by atoms with van der Waals surface area (Å²) in [5.74, 6) is 0. The smallest absolute Gasteiger partial charge is 0.0909 e. The van der Waals surface area contributed by atoms with Crippen molar-refractivity contribution >= 4 is 37.4 Å². The summed E-state index contributed by atoms with van der Waals surface area (Å²) in [4.78, 5) is 0. The first-order chi connectivity index (χ1) is 23.3. The maximum atomic E-state index is 6.29. The Labute approximate surface area is 281 Å². The number of hydrogen-bond donors (Lipinski definition) is 0. The third kappa shape index (κ3) is 5.25. The highest BCUT2D eigenvalue weighted by Crippen LogP contribution is 2.59. The van der Waals surface area contributed by atoms with Gasteiger partial charge in [-0.1, -0.05) is 187 Å². The quantitative estimate of drug-likeness (QED) is 0.127. The van der Waals surface area contributed by atoms with Crippen molar-refractivity contribution in [2.45, 2.75) is 23.7 Å². The Balaban J connectivity index is 1.53. The SMILES string of the molecule is c1ccc(P2CCC(c3ccccc3)(c3ccccc3)C2=[N+]=C2P(c3ccccc3)CCC2(c2ccccc2)c2ccccc2)cc1. The van der Waals surface area contributed by atoms with Crippen LogP contribution in [-0.4, -0.2) is 23.2 Å². The molecule has 6 aromatic carbocycles. The van der Waals surface area contributed by atoms with Gasteiger partial charge in [-0.15, -0.1) is 0 Å². The molecule has 2 unspecified atom stereocenters. The fourth-order valence-corrected chi connectivity index (χ4v) is 13.7. The Bertz CT molecular complexity index is 1780. The Hall–Kier alpha value is -4.37. The maximum absolute atomic E-state index is 6.29. The average Bonchev–Trinajstić information content (AvgIpc) is 3.74. The van der Waals surface area contributed by atoms with Gasteiger partial charge in [0.2, 0.25) is 0 Å². The number of nitrogens with zero attached hydrogens (tertiary/aromatic N) is 1. The summed E-state index contributed by atoms with van der Waals surface area (Å²) >= 11 is 0. The molecular formula is C44H38NP2+. The van der Waals surface area contributed by atoms with Gasteiger partial charge in [0.05, 0.1) is 0 Å². The van der Waals surface area contributed by atoms with E-state index in [1.54, 1.807) is 0 Å². The van der Waals surface area contributed by atoms with Crippen molar-refractivity contribution < 1.29 is 0 Å². The highest BCUT2D eigenvalue weighted by molar-refractivity contribution is 7.84. The van der Waals surface area contributed by atoms with E-state index >= 15 is 0 Å². The van der Waals surface area contributed by atoms with Crippen molar-refractivity contribution in [2.24, 2.45) is 0 Å². The molecule has 3 heteroatoms. The molecule has 0 aliphatic carbocycles. The van der Waals surface area contributed by atoms with E-state index in [0.29, 0.717) is 0 Å². The summed E-state index contributed by atoms with van der Waals surface area (Å²) in [5, 5.41) is 2.84. The molecule has 0 radical (unpaired) electrons. The monoisotopic (exact) mass is 642 g/mol. The third-order valence-corrected chi connectivity index (χ3v) is 15.3. The lowest BCUT2D eigenvalue weighted by molar-refractivity contribution is 0.677. The first kappa shape index (κ1) is 30.0. The van der Waals surface area contributed by atoms with Crippen molar-refractivity contribution in [2.75, 3.05) is 12.3 Å². The van der Waals surface area contributed by atoms with E-state index in [1.165, 1.54) is 43.8 Å². The van der Waals surface area contributed by atoms with Crippen LogP contribution in [0.1, 0.15) is 35.1 Å². The summed E-state index contributed by atoms with van der Waals surface area (Å²) in [7, 11) is -1.37. The van der Waals surface area contributed by atoms with Crippen molar-refractivity contribution in [3.63, 3.8) is 0 Å². The molecule has 228 valence electrons. The summed E-state index contributed by atoms with van der Waals surface area (Å²) in [6, 6.07) is 67.4. The predicted octanol–water partition coefficient (Wildman–Crippen LogP) is 9.25. The lowest BCUT2D eigenvalue weighted by Gasteiger charge is -2.28. The van der Waals surface area contributed by atoms with Crippen LogP contribution in [0.3, 0.4) is 0 Å². The van der Waals surface area contributed by atoms with Gasteiger partial charge in [-0.05, 0) is 58.0 Å². The molecule has 2 heterocycles. The predicted molar refractivity (Wildman–Crippen MR) is 204 cm³/mol. The summed E-state index contributed by atoms with van der Waals surface area (Å²) < 4.78 is 6.29. The van der Waals surface area contributed by atoms with Crippen LogP contribution in [0.15, 0.2) is 182 Å². The number of benzene rings is 6. The van der Waals surface area contributed by atoms with Gasteiger partial charge in [0.15, 0.2) is 0 Å². The molecule has 2 aliphatic heterocycles. The first-order valence-corrected chi connectivity index (χ1v) is 19.7. The highest BCUT2D eigenvalue weighted by atomic mass is 31.1. The fourth-order valence-electron chi connectivity index (χ4n) is 7.90. The molecule has 6 aromatic rings. The molecule has 0 N–H and O–H groups in total. The van der Waals surface area contributed by atoms with Crippen LogP contribution in [0.5, 0.6) is 0 Å². The summed E-state index contributed by atoms with van der Waals surface area (Å²) in [6.45, 7) is 0. The average molecular weight is 643 g/mol. The second kappa shape index (κ2) is 13.0. The molecule has 0 saturated carbocycles. The zero-order valence-corrected chi connectivity index (χ0v) is 28.3. The Morgan fingerprint density at radius 3 is 0.872 bits per heavy atom. The molecule has 2 atom stereocenters. The van der Waals surface area contributed by atoms with Gasteiger partial charge in [-0.3, -0.25) is 0 Å². The van der Waals surface area contributed by atoms with E-state index < -0.39 is 15.8 Å². The van der Waals surface area contributed by atoms with E-state index in [-0.39, 0.29) is 10.8 Å². The Kier molecular flexibility index (Phi) is 8.31. The molecular weight excluding hydrogens is 604 g/mol. The molecule has 0 bridgehead atoms. The minimum absolute atomic E-state index is 0.309. The fraction of sp³-hybridized carbons (Fsp3) is 0.136. The summed E-state index contributed by atoms with van der Waals surface area (Å²) in [5.41, 5.74) is 7.47. The molecule has 2 saturated heterocycles. The molecule has 1 nitrogen and oxygen atoms in total. The van der Waals surface area contributed by atoms with Gasteiger partial charge in [-0.25, -0.2) is 0 Å². The first-order valence-electron chi connectivity index (χ1n) is 16.6. The van der Waals surface area contributed by atoms with Gasteiger partial charge < -0.3 is 0 Å². The van der Waals surface area contributed by atoms with E-state index in [0.717, 1.165) is 25.2 Å². The Morgan fingerprint density at radius 2 is 0.596 bits per heavy atom. The molecule has 2 fully saturated rings. The van der Waals surface area contributed by atoms with Gasteiger partial charge in [-0.2, -0.15) is 0 Å². The van der Waals surface area contributed by atoms with Crippen LogP contribution < -0.4 is 15.3 Å². The number of rotatable bonds is 6. The molecule has 0 spiro atoms. The Morgan fingerprint density at radius 1 is 0.340 bits per heavy atom. The summed E-state index contributed by atoms with van der Waals surface area (Å²) in [6.07, 6.45) is 4.31. The highest BCUT2D eigenvalue weighted by Gasteiger charge is 2.59. The van der Waals surface area contributed by atoms with Crippen LogP contribution in [0.25, 0.3) is 0 Å². The minimum Gasteiger partial charge on any atom is -0.0909 e. The zero-order chi connectivity index (χ0) is 31.5. The second-order valence-corrected chi connectivity index (χ2v) is 17.0. The van der Waals surface area contributed by atoms with Gasteiger partial charge in [0.1, 0.15) is 10.8 Å². The topological polar surface area (TPSA) is 14.1 Å². The molecule has 0 amide bonds. The van der Waals surface area contributed by atoms with Crippen molar-refractivity contribution in [3.8, 4) is 0 Å². The normalized spacial score (nSPS) is 19.7. The second-order valence-electron chi connectivity index (χ2n) is 12.5. The van der Waals surface area contributed by atoms with Gasteiger partial charge in [0.25, 0.3) is 0 Å². The van der Waals surface area contributed by atoms with E-state index in [4.69, 9.17) is 4.67 Å². The standard InChI is InChI=1S/C44H38NP2/c1-7-19-35(20-8-1)43(36-21-9-2-10-22-36)31-33-46(39-27-15-5-16-28-39)41(43)45-42-44(37-23-11-3-12-24-37,38-25-13-4-14-26-38)32-34-47(42)40-29-17-6-18-30-40/h1-30H,31-34H2/q+1. The largest absolute Gasteiger partial charge is 0.318 e. The van der Waals surface area contributed by atoms with Crippen LogP contribution in [-0.2, 0) is 10.8 Å². The molecule has 0 aromatic heterocycles. The van der Waals surface area contributed by atoms with Crippen molar-refractivity contribution in [1.29, 1.82) is 0 Å². The van der Waals surface area contributed by atoms with Crippen LogP contribution in [0.2, 0.25) is 0 Å². The van der Waals surface area contributed by atoms with Crippen LogP contribution in [0.4, 0.5) is 0 Å². The lowest BCUT2D eigenvalue weighted by Crippen LogP contribution is -2.39. The van der Waals surface area contributed by atoms with E-state index in [1.807, 2.05) is 0 Å². The van der Waals surface area contributed by atoms with Crippen LogP contribution >= 0.6 is 15.8 Å². The molecule has 2 aliphatic rings. The van der Waals surface area contributed by atoms with E-state index in [9.17, 15) is 0 Å². The molecule has 8 rings (SSSR count). The minimum atomic E-state index is -0.683. The maximum Gasteiger partial charge on any atom is 0.318 e. The lowest BCUT2D eigenvalue weighted by atomic mass is 9.72. The van der Waals surface area contributed by atoms with Gasteiger partial charge in [0, 0.05) is 15.8 Å². The third-order valence-electron chi connectivity index (χ3n) is 10.1. The zero-order valence-electron chi connectivity index (χ0n) is 26.5. The van der Waals surface area contributed by atoms with Gasteiger partial charge >= 0.3 is 10.9 Å². The van der Waals surface area contributed by atoms with Crippen LogP contribution in [0, 0.1) is 0 Å². The van der Waals surface area contributed by atoms with Crippen molar-refractivity contribution in [1.82, 2.24) is 4.67 Å². The number of hydrogen-bond acceptors (Lipinski definition) is 0. The van der Waals surface area contributed by atoms with E-state index in [2.05, 4.69) is 182 Å². The van der Waals surface area contributed by atoms with Crippen molar-refractivity contribution in [3.05, 3.63) is 204 Å². The molecule has 47 heavy (non-hydrogen) atoms.